The maximum Gasteiger partial charge on any atom is 0.232 e. The van der Waals surface area contributed by atoms with Crippen LogP contribution in [-0.4, -0.2) is 27.8 Å². The number of sulfonamides is 1. The van der Waals surface area contributed by atoms with E-state index in [2.05, 4.69) is 19.2 Å². The minimum absolute atomic E-state index is 0.553. The molecule has 1 aromatic rings. The van der Waals surface area contributed by atoms with Gasteiger partial charge in [0.25, 0.3) is 0 Å². The Kier molecular flexibility index (Phi) is 4.04. The number of nitrogens with one attached hydrogen (secondary N) is 1. The lowest BCUT2D eigenvalue weighted by atomic mass is 10.1. The first kappa shape index (κ1) is 14.2. The van der Waals surface area contributed by atoms with E-state index >= 15 is 0 Å². The lowest BCUT2D eigenvalue weighted by Gasteiger charge is -2.17. The molecule has 0 radical (unpaired) electrons. The van der Waals surface area contributed by atoms with Crippen molar-refractivity contribution in [2.45, 2.75) is 26.7 Å². The first-order valence-corrected chi connectivity index (χ1v) is 8.58. The Hall–Kier alpha value is -1.23. The second-order valence-electron chi connectivity index (χ2n) is 5.50. The molecular weight excluding hydrogens is 260 g/mol. The molecule has 0 spiro atoms. The number of nitrogens with zero attached hydrogens (tertiary/aromatic N) is 1. The average Bonchev–Trinajstić information content (AvgIpc) is 2.72. The van der Waals surface area contributed by atoms with Crippen LogP contribution in [0.1, 0.15) is 25.8 Å². The zero-order valence-electron chi connectivity index (χ0n) is 11.8. The predicted molar refractivity (Wildman–Crippen MR) is 80.3 cm³/mol. The van der Waals surface area contributed by atoms with Crippen molar-refractivity contribution in [2.75, 3.05) is 29.0 Å². The largest absolute Gasteiger partial charge is 0.385 e. The van der Waals surface area contributed by atoms with Crippen LogP contribution in [0, 0.1) is 5.92 Å². The van der Waals surface area contributed by atoms with Crippen molar-refractivity contribution in [3.05, 3.63) is 23.8 Å². The number of rotatable bonds is 5. The molecule has 1 N–H and O–H groups in total. The van der Waals surface area contributed by atoms with Crippen molar-refractivity contribution >= 4 is 21.4 Å². The maximum absolute atomic E-state index is 11.7. The van der Waals surface area contributed by atoms with E-state index in [0.29, 0.717) is 12.5 Å². The summed E-state index contributed by atoms with van der Waals surface area (Å²) in [6, 6.07) is 5.84. The molecule has 1 aliphatic heterocycles. The van der Waals surface area contributed by atoms with Crippen LogP contribution in [0.5, 0.6) is 0 Å². The summed E-state index contributed by atoms with van der Waals surface area (Å²) in [6.07, 6.45) is 3.16. The minimum Gasteiger partial charge on any atom is -0.385 e. The molecule has 0 aliphatic carbocycles. The van der Waals surface area contributed by atoms with Crippen molar-refractivity contribution in [3.8, 4) is 0 Å². The van der Waals surface area contributed by atoms with Crippen LogP contribution in [0.25, 0.3) is 0 Å². The Morgan fingerprint density at radius 3 is 2.74 bits per heavy atom. The topological polar surface area (TPSA) is 49.4 Å². The van der Waals surface area contributed by atoms with Crippen LogP contribution in [-0.2, 0) is 16.4 Å². The van der Waals surface area contributed by atoms with Crippen LogP contribution in [0.4, 0.5) is 11.4 Å². The first-order chi connectivity index (χ1) is 8.89. The Balaban J connectivity index is 2.19. The summed E-state index contributed by atoms with van der Waals surface area (Å²) >= 11 is 0. The fraction of sp³-hybridized carbons (Fsp3) is 0.571. The number of hydrogen-bond donors (Lipinski definition) is 1. The van der Waals surface area contributed by atoms with Gasteiger partial charge in [-0.2, -0.15) is 0 Å². The molecule has 0 amide bonds. The molecule has 0 aromatic heterocycles. The maximum atomic E-state index is 11.7. The van der Waals surface area contributed by atoms with Gasteiger partial charge in [-0.05, 0) is 30.9 Å². The van der Waals surface area contributed by atoms with E-state index in [0.717, 1.165) is 36.3 Å². The monoisotopic (exact) mass is 282 g/mol. The summed E-state index contributed by atoms with van der Waals surface area (Å²) in [6.45, 7) is 5.87. The van der Waals surface area contributed by atoms with Gasteiger partial charge in [0, 0.05) is 24.3 Å². The Bertz CT molecular complexity index is 553. The molecule has 5 heteroatoms. The SMILES string of the molecule is CC(C)CCNc1cccc2c1CCN2S(C)(=O)=O. The molecule has 0 unspecified atom stereocenters. The summed E-state index contributed by atoms with van der Waals surface area (Å²) in [5, 5.41) is 3.43. The fourth-order valence-corrected chi connectivity index (χ4v) is 3.36. The second kappa shape index (κ2) is 5.41. The Morgan fingerprint density at radius 2 is 2.11 bits per heavy atom. The molecule has 19 heavy (non-hydrogen) atoms. The van der Waals surface area contributed by atoms with Crippen LogP contribution in [0.3, 0.4) is 0 Å². The molecular formula is C14H22N2O2S. The molecule has 2 rings (SSSR count). The van der Waals surface area contributed by atoms with Crippen molar-refractivity contribution in [3.63, 3.8) is 0 Å². The molecule has 0 fully saturated rings. The van der Waals surface area contributed by atoms with Gasteiger partial charge in [-0.15, -0.1) is 0 Å². The van der Waals surface area contributed by atoms with E-state index in [9.17, 15) is 8.42 Å². The van der Waals surface area contributed by atoms with Gasteiger partial charge < -0.3 is 5.32 Å². The summed E-state index contributed by atoms with van der Waals surface area (Å²) in [4.78, 5) is 0. The van der Waals surface area contributed by atoms with Gasteiger partial charge in [0.1, 0.15) is 0 Å². The van der Waals surface area contributed by atoms with Crippen LogP contribution in [0.2, 0.25) is 0 Å². The zero-order valence-corrected chi connectivity index (χ0v) is 12.6. The smallest absolute Gasteiger partial charge is 0.232 e. The molecule has 0 saturated heterocycles. The highest BCUT2D eigenvalue weighted by atomic mass is 32.2. The minimum atomic E-state index is -3.16. The summed E-state index contributed by atoms with van der Waals surface area (Å²) in [5.41, 5.74) is 3.03. The van der Waals surface area contributed by atoms with Gasteiger partial charge in [0.15, 0.2) is 0 Å². The first-order valence-electron chi connectivity index (χ1n) is 6.73. The highest BCUT2D eigenvalue weighted by Gasteiger charge is 2.27. The van der Waals surface area contributed by atoms with Gasteiger partial charge >= 0.3 is 0 Å². The Morgan fingerprint density at radius 1 is 1.37 bits per heavy atom. The highest BCUT2D eigenvalue weighted by Crippen LogP contribution is 2.35. The summed E-state index contributed by atoms with van der Waals surface area (Å²) in [5.74, 6) is 0.664. The molecule has 4 nitrogen and oxygen atoms in total. The van der Waals surface area contributed by atoms with Gasteiger partial charge in [-0.25, -0.2) is 8.42 Å². The van der Waals surface area contributed by atoms with Gasteiger partial charge in [0.2, 0.25) is 10.0 Å². The lowest BCUT2D eigenvalue weighted by Crippen LogP contribution is -2.27. The van der Waals surface area contributed by atoms with Crippen LogP contribution < -0.4 is 9.62 Å². The second-order valence-corrected chi connectivity index (χ2v) is 7.40. The van der Waals surface area contributed by atoms with Crippen molar-refractivity contribution in [2.24, 2.45) is 5.92 Å². The zero-order chi connectivity index (χ0) is 14.0. The number of fused-ring (bicyclic) bond motifs is 1. The number of anilines is 2. The third kappa shape index (κ3) is 3.21. The number of benzene rings is 1. The quantitative estimate of drug-likeness (QED) is 0.902. The van der Waals surface area contributed by atoms with Crippen molar-refractivity contribution in [1.82, 2.24) is 0 Å². The molecule has 1 heterocycles. The summed E-state index contributed by atoms with van der Waals surface area (Å²) in [7, 11) is -3.16. The standard InChI is InChI=1S/C14H22N2O2S/c1-11(2)7-9-15-13-5-4-6-14-12(13)8-10-16(14)19(3,17)18/h4-6,11,15H,7-10H2,1-3H3. The van der Waals surface area contributed by atoms with E-state index in [1.54, 1.807) is 0 Å². The lowest BCUT2D eigenvalue weighted by molar-refractivity contribution is 0.598. The van der Waals surface area contributed by atoms with E-state index in [1.165, 1.54) is 10.6 Å². The molecule has 0 bridgehead atoms. The van der Waals surface area contributed by atoms with Crippen LogP contribution >= 0.6 is 0 Å². The third-order valence-corrected chi connectivity index (χ3v) is 4.60. The molecule has 0 atom stereocenters. The van der Waals surface area contributed by atoms with E-state index in [1.807, 2.05) is 18.2 Å². The highest BCUT2D eigenvalue weighted by molar-refractivity contribution is 7.92. The molecule has 0 saturated carbocycles. The van der Waals surface area contributed by atoms with Gasteiger partial charge in [-0.1, -0.05) is 19.9 Å². The number of hydrogen-bond acceptors (Lipinski definition) is 3. The average molecular weight is 282 g/mol. The molecule has 1 aliphatic rings. The van der Waals surface area contributed by atoms with Crippen molar-refractivity contribution < 1.29 is 8.42 Å². The van der Waals surface area contributed by atoms with Gasteiger partial charge in [0.05, 0.1) is 11.9 Å². The van der Waals surface area contributed by atoms with E-state index in [4.69, 9.17) is 0 Å². The van der Waals surface area contributed by atoms with Crippen LogP contribution in [0.15, 0.2) is 18.2 Å². The fourth-order valence-electron chi connectivity index (χ4n) is 2.41. The van der Waals surface area contributed by atoms with Gasteiger partial charge in [-0.3, -0.25) is 4.31 Å². The molecule has 1 aromatic carbocycles. The summed E-state index contributed by atoms with van der Waals surface area (Å²) < 4.78 is 24.9. The molecule has 106 valence electrons. The van der Waals surface area contributed by atoms with E-state index in [-0.39, 0.29) is 0 Å². The van der Waals surface area contributed by atoms with E-state index < -0.39 is 10.0 Å². The predicted octanol–water partition coefficient (Wildman–Crippen LogP) is 2.47. The Labute approximate surface area is 115 Å². The van der Waals surface area contributed by atoms with Crippen molar-refractivity contribution in [1.29, 1.82) is 0 Å². The normalized spacial score (nSPS) is 14.8. The third-order valence-electron chi connectivity index (χ3n) is 3.42.